The third-order valence-corrected chi connectivity index (χ3v) is 8.06. The first kappa shape index (κ1) is 26.9. The van der Waals surface area contributed by atoms with Gasteiger partial charge in [-0.1, -0.05) is 71.7 Å². The number of halogens is 4. The predicted octanol–water partition coefficient (Wildman–Crippen LogP) is 7.01. The van der Waals surface area contributed by atoms with Crippen LogP contribution in [0.1, 0.15) is 22.7 Å². The second-order valence-electron chi connectivity index (χ2n) is 9.22. The number of hydrogen-bond donors (Lipinski definition) is 0. The van der Waals surface area contributed by atoms with Crippen molar-refractivity contribution in [2.45, 2.75) is 18.6 Å². The van der Waals surface area contributed by atoms with Gasteiger partial charge in [0.15, 0.2) is 0 Å². The van der Waals surface area contributed by atoms with Crippen LogP contribution in [0.4, 0.5) is 8.78 Å². The average Bonchev–Trinajstić information content (AvgIpc) is 2.86. The highest BCUT2D eigenvalue weighted by Crippen LogP contribution is 2.36. The lowest BCUT2D eigenvalue weighted by atomic mass is 9.93. The average molecular weight is 572 g/mol. The van der Waals surface area contributed by atoms with E-state index in [4.69, 9.17) is 23.2 Å². The van der Waals surface area contributed by atoms with Crippen LogP contribution in [-0.2, 0) is 17.8 Å². The molecule has 1 unspecified atom stereocenters. The maximum atomic E-state index is 13.9. The summed E-state index contributed by atoms with van der Waals surface area (Å²) in [7, 11) is 0. The molecule has 0 saturated carbocycles. The van der Waals surface area contributed by atoms with Crippen LogP contribution in [0, 0.1) is 11.6 Å². The van der Waals surface area contributed by atoms with E-state index in [9.17, 15) is 17.5 Å². The fourth-order valence-corrected chi connectivity index (χ4v) is 5.78. The maximum Gasteiger partial charge on any atom is 0.126 e. The fraction of sp³-hybridized carbons (Fsp3) is 0.172. The van der Waals surface area contributed by atoms with E-state index in [1.54, 1.807) is 24.3 Å². The molecule has 1 aliphatic rings. The molecule has 1 fully saturated rings. The van der Waals surface area contributed by atoms with Crippen molar-refractivity contribution in [2.75, 3.05) is 13.1 Å². The van der Waals surface area contributed by atoms with Gasteiger partial charge in [0.1, 0.15) is 11.6 Å². The number of hydrogen-bond acceptors (Lipinski definition) is 3. The molecule has 0 N–H and O–H groups in total. The molecule has 0 aromatic heterocycles. The van der Waals surface area contributed by atoms with Gasteiger partial charge in [-0.3, -0.25) is 9.11 Å². The minimum Gasteiger partial charge on any atom is -0.760 e. The van der Waals surface area contributed by atoms with Crippen molar-refractivity contribution in [3.8, 4) is 11.1 Å². The summed E-state index contributed by atoms with van der Waals surface area (Å²) in [6, 6.07) is 25.2. The van der Waals surface area contributed by atoms with Gasteiger partial charge in [-0.15, -0.1) is 0 Å². The zero-order valence-corrected chi connectivity index (χ0v) is 22.4. The van der Waals surface area contributed by atoms with Gasteiger partial charge in [0, 0.05) is 53.1 Å². The molecule has 4 nitrogen and oxygen atoms in total. The Balaban J connectivity index is 1.39. The molecule has 0 radical (unpaired) electrons. The predicted molar refractivity (Wildman–Crippen MR) is 146 cm³/mol. The highest BCUT2D eigenvalue weighted by molar-refractivity contribution is 7.76. The Morgan fingerprint density at radius 1 is 0.868 bits per heavy atom. The molecule has 4 aromatic rings. The zero-order valence-electron chi connectivity index (χ0n) is 20.1. The van der Waals surface area contributed by atoms with E-state index in [2.05, 4.69) is 4.90 Å². The van der Waals surface area contributed by atoms with Crippen LogP contribution in [0.5, 0.6) is 0 Å². The molecule has 0 amide bonds. The minimum absolute atomic E-state index is 0.0788. The third kappa shape index (κ3) is 5.99. The highest BCUT2D eigenvalue weighted by Gasteiger charge is 2.38. The summed E-state index contributed by atoms with van der Waals surface area (Å²) < 4.78 is 53.9. The minimum atomic E-state index is -2.51. The summed E-state index contributed by atoms with van der Waals surface area (Å²) in [4.78, 5) is 2.20. The van der Waals surface area contributed by atoms with Crippen LogP contribution in [0.25, 0.3) is 11.1 Å². The summed E-state index contributed by atoms with van der Waals surface area (Å²) >= 11 is 9.72. The molecule has 0 bridgehead atoms. The number of benzene rings is 4. The topological polar surface area (TPSA) is 46.6 Å². The quantitative estimate of drug-likeness (QED) is 0.214. The van der Waals surface area contributed by atoms with Crippen LogP contribution in [0.15, 0.2) is 91.0 Å². The summed E-state index contributed by atoms with van der Waals surface area (Å²) in [6.45, 7) is 1.08. The van der Waals surface area contributed by atoms with Crippen molar-refractivity contribution in [3.05, 3.63) is 129 Å². The van der Waals surface area contributed by atoms with Gasteiger partial charge in [0.2, 0.25) is 0 Å². The second kappa shape index (κ2) is 11.6. The van der Waals surface area contributed by atoms with Gasteiger partial charge in [-0.2, -0.15) is 0 Å². The van der Waals surface area contributed by atoms with Crippen LogP contribution < -0.4 is 0 Å². The van der Waals surface area contributed by atoms with Gasteiger partial charge in [0.05, 0.1) is 6.04 Å². The van der Waals surface area contributed by atoms with Gasteiger partial charge in [0.25, 0.3) is 0 Å². The zero-order chi connectivity index (χ0) is 26.8. The van der Waals surface area contributed by atoms with Crippen molar-refractivity contribution in [1.29, 1.82) is 0 Å². The molecule has 1 saturated heterocycles. The number of rotatable bonds is 8. The standard InChI is InChI=1S/C29H24Cl2F2N2O2S/c30-23-9-5-19(6-10-23)29(20-7-11-24(31)12-8-20)34-17-27(18-34)35(38(36)37)16-21-3-1-2-4-28(21)22-13-25(32)15-26(33)14-22/h1-15,27,29H,16-18H2,(H,36,37)/p-1. The molecule has 4 aromatic carbocycles. The molecular weight excluding hydrogens is 549 g/mol. The van der Waals surface area contributed by atoms with E-state index in [1.165, 1.54) is 16.4 Å². The fourth-order valence-electron chi connectivity index (χ4n) is 4.91. The molecule has 1 atom stereocenters. The Labute approximate surface area is 232 Å². The Bertz CT molecular complexity index is 1380. The largest absolute Gasteiger partial charge is 0.760 e. The van der Waals surface area contributed by atoms with Gasteiger partial charge >= 0.3 is 0 Å². The molecule has 9 heteroatoms. The molecule has 0 spiro atoms. The summed E-state index contributed by atoms with van der Waals surface area (Å²) in [5, 5.41) is 1.27. The van der Waals surface area contributed by atoms with Crippen LogP contribution in [0.3, 0.4) is 0 Å². The Morgan fingerprint density at radius 3 is 1.92 bits per heavy atom. The summed E-state index contributed by atoms with van der Waals surface area (Å²) in [5.41, 5.74) is 3.66. The monoisotopic (exact) mass is 571 g/mol. The molecule has 196 valence electrons. The Kier molecular flexibility index (Phi) is 8.23. The van der Waals surface area contributed by atoms with Crippen molar-refractivity contribution in [2.24, 2.45) is 0 Å². The Morgan fingerprint density at radius 2 is 1.39 bits per heavy atom. The summed E-state index contributed by atoms with van der Waals surface area (Å²) in [6.07, 6.45) is 0. The van der Waals surface area contributed by atoms with E-state index in [1.807, 2.05) is 48.5 Å². The molecule has 38 heavy (non-hydrogen) atoms. The van der Waals surface area contributed by atoms with E-state index >= 15 is 0 Å². The molecule has 5 rings (SSSR count). The van der Waals surface area contributed by atoms with Gasteiger partial charge in [-0.25, -0.2) is 13.1 Å². The molecule has 0 aliphatic carbocycles. The van der Waals surface area contributed by atoms with Crippen molar-refractivity contribution >= 4 is 34.5 Å². The van der Waals surface area contributed by atoms with E-state index in [0.29, 0.717) is 39.8 Å². The second-order valence-corrected chi connectivity index (χ2v) is 11.0. The first-order valence-electron chi connectivity index (χ1n) is 11.9. The molecule has 1 heterocycles. The normalized spacial score (nSPS) is 15.1. The van der Waals surface area contributed by atoms with Crippen molar-refractivity contribution in [3.63, 3.8) is 0 Å². The third-order valence-electron chi connectivity index (χ3n) is 6.74. The lowest BCUT2D eigenvalue weighted by Gasteiger charge is -2.49. The van der Waals surface area contributed by atoms with Crippen LogP contribution >= 0.6 is 23.2 Å². The molecular formula is C29H23Cl2F2N2O2S-. The maximum absolute atomic E-state index is 13.9. The van der Waals surface area contributed by atoms with Gasteiger partial charge in [-0.05, 0) is 64.2 Å². The highest BCUT2D eigenvalue weighted by atomic mass is 35.5. The van der Waals surface area contributed by atoms with Crippen LogP contribution in [0.2, 0.25) is 10.0 Å². The Hall–Kier alpha value is -2.65. The summed E-state index contributed by atoms with van der Waals surface area (Å²) in [5.74, 6) is -1.38. The SMILES string of the molecule is O=S([O-])N(Cc1ccccc1-c1cc(F)cc(F)c1)C1CN(C(c2ccc(Cl)cc2)c2ccc(Cl)cc2)C1. The van der Waals surface area contributed by atoms with Gasteiger partial charge < -0.3 is 4.55 Å². The van der Waals surface area contributed by atoms with Crippen molar-refractivity contribution < 1.29 is 17.5 Å². The van der Waals surface area contributed by atoms with E-state index in [-0.39, 0.29) is 18.6 Å². The van der Waals surface area contributed by atoms with E-state index in [0.717, 1.165) is 17.2 Å². The number of likely N-dealkylation sites (tertiary alicyclic amines) is 1. The van der Waals surface area contributed by atoms with Crippen LogP contribution in [-0.4, -0.2) is 37.1 Å². The van der Waals surface area contributed by atoms with E-state index < -0.39 is 22.9 Å². The smallest absolute Gasteiger partial charge is 0.126 e. The van der Waals surface area contributed by atoms with Crippen molar-refractivity contribution in [1.82, 2.24) is 9.21 Å². The lowest BCUT2D eigenvalue weighted by Crippen LogP contribution is -2.60. The number of nitrogens with zero attached hydrogens (tertiary/aromatic N) is 2. The lowest BCUT2D eigenvalue weighted by molar-refractivity contribution is 0.0495. The molecule has 1 aliphatic heterocycles. The first-order valence-corrected chi connectivity index (χ1v) is 13.7. The first-order chi connectivity index (χ1) is 18.3.